The SMILES string of the molecule is O=Cc1ccc(N2CCOC3CCCC32)nc1. The Balaban J connectivity index is 1.83. The molecule has 2 heterocycles. The summed E-state index contributed by atoms with van der Waals surface area (Å²) in [7, 11) is 0. The van der Waals surface area contributed by atoms with E-state index in [1.807, 2.05) is 12.1 Å². The maximum atomic E-state index is 10.6. The van der Waals surface area contributed by atoms with Gasteiger partial charge in [-0.2, -0.15) is 0 Å². The molecule has 4 nitrogen and oxygen atoms in total. The number of aromatic nitrogens is 1. The summed E-state index contributed by atoms with van der Waals surface area (Å²) in [6.07, 6.45) is 6.42. The highest BCUT2D eigenvalue weighted by molar-refractivity contribution is 5.74. The molecule has 4 heteroatoms. The lowest BCUT2D eigenvalue weighted by Crippen LogP contribution is -2.49. The quantitative estimate of drug-likeness (QED) is 0.727. The third kappa shape index (κ3) is 1.93. The van der Waals surface area contributed by atoms with Crippen LogP contribution in [0.5, 0.6) is 0 Å². The fourth-order valence-corrected chi connectivity index (χ4v) is 2.85. The van der Waals surface area contributed by atoms with Crippen LogP contribution in [0.25, 0.3) is 0 Å². The second-order valence-corrected chi connectivity index (χ2v) is 4.67. The van der Waals surface area contributed by atoms with Crippen LogP contribution in [0.15, 0.2) is 18.3 Å². The van der Waals surface area contributed by atoms with Gasteiger partial charge in [0.05, 0.1) is 18.8 Å². The average molecular weight is 232 g/mol. The highest BCUT2D eigenvalue weighted by Crippen LogP contribution is 2.32. The van der Waals surface area contributed by atoms with Crippen molar-refractivity contribution in [3.8, 4) is 0 Å². The molecule has 2 atom stereocenters. The van der Waals surface area contributed by atoms with E-state index in [0.717, 1.165) is 31.7 Å². The van der Waals surface area contributed by atoms with Crippen LogP contribution < -0.4 is 4.90 Å². The summed E-state index contributed by atoms with van der Waals surface area (Å²) < 4.78 is 5.77. The molecule has 1 aliphatic heterocycles. The van der Waals surface area contributed by atoms with E-state index < -0.39 is 0 Å². The molecule has 2 unspecified atom stereocenters. The molecular formula is C13H16N2O2. The molecule has 0 bridgehead atoms. The number of carbonyl (C=O) groups excluding carboxylic acids is 1. The number of ether oxygens (including phenoxy) is 1. The second-order valence-electron chi connectivity index (χ2n) is 4.67. The maximum Gasteiger partial charge on any atom is 0.151 e. The lowest BCUT2D eigenvalue weighted by atomic mass is 10.1. The van der Waals surface area contributed by atoms with Gasteiger partial charge in [0.15, 0.2) is 6.29 Å². The molecule has 1 aromatic heterocycles. The third-order valence-corrected chi connectivity index (χ3v) is 3.68. The molecule has 1 saturated heterocycles. The lowest BCUT2D eigenvalue weighted by Gasteiger charge is -2.38. The molecule has 1 aliphatic carbocycles. The first-order valence-electron chi connectivity index (χ1n) is 6.18. The van der Waals surface area contributed by atoms with Gasteiger partial charge in [0.1, 0.15) is 5.82 Å². The molecule has 1 saturated carbocycles. The van der Waals surface area contributed by atoms with Gasteiger partial charge in [-0.15, -0.1) is 0 Å². The van der Waals surface area contributed by atoms with Crippen LogP contribution in [0.1, 0.15) is 29.6 Å². The molecule has 2 aliphatic rings. The summed E-state index contributed by atoms with van der Waals surface area (Å²) in [5, 5.41) is 0. The predicted molar refractivity (Wildman–Crippen MR) is 64.3 cm³/mol. The molecule has 0 amide bonds. The van der Waals surface area contributed by atoms with E-state index in [2.05, 4.69) is 9.88 Å². The monoisotopic (exact) mass is 232 g/mol. The van der Waals surface area contributed by atoms with Crippen molar-refractivity contribution in [3.63, 3.8) is 0 Å². The van der Waals surface area contributed by atoms with E-state index in [1.165, 1.54) is 12.8 Å². The Hall–Kier alpha value is -1.42. The van der Waals surface area contributed by atoms with Crippen molar-refractivity contribution >= 4 is 12.1 Å². The number of fused-ring (bicyclic) bond motifs is 1. The van der Waals surface area contributed by atoms with Crippen molar-refractivity contribution in [1.29, 1.82) is 0 Å². The predicted octanol–water partition coefficient (Wildman–Crippen LogP) is 1.65. The Morgan fingerprint density at radius 3 is 3.12 bits per heavy atom. The number of hydrogen-bond acceptors (Lipinski definition) is 4. The number of carbonyl (C=O) groups is 1. The van der Waals surface area contributed by atoms with Crippen LogP contribution in [0.4, 0.5) is 5.82 Å². The van der Waals surface area contributed by atoms with Crippen molar-refractivity contribution in [2.45, 2.75) is 31.4 Å². The average Bonchev–Trinajstić information content (AvgIpc) is 2.87. The van der Waals surface area contributed by atoms with Crippen molar-refractivity contribution in [2.24, 2.45) is 0 Å². The van der Waals surface area contributed by atoms with Gasteiger partial charge in [0.2, 0.25) is 0 Å². The van der Waals surface area contributed by atoms with E-state index in [4.69, 9.17) is 4.74 Å². The summed E-state index contributed by atoms with van der Waals surface area (Å²) in [5.74, 6) is 0.968. The van der Waals surface area contributed by atoms with Crippen molar-refractivity contribution in [2.75, 3.05) is 18.1 Å². The minimum Gasteiger partial charge on any atom is -0.374 e. The number of anilines is 1. The Bertz CT molecular complexity index is 404. The molecule has 0 spiro atoms. The highest BCUT2D eigenvalue weighted by atomic mass is 16.5. The molecule has 0 radical (unpaired) electrons. The van der Waals surface area contributed by atoms with Crippen LogP contribution >= 0.6 is 0 Å². The number of nitrogens with zero attached hydrogens (tertiary/aromatic N) is 2. The first-order chi connectivity index (χ1) is 8.38. The van der Waals surface area contributed by atoms with Gasteiger partial charge < -0.3 is 9.64 Å². The molecule has 0 N–H and O–H groups in total. The molecule has 2 fully saturated rings. The lowest BCUT2D eigenvalue weighted by molar-refractivity contribution is 0.0253. The third-order valence-electron chi connectivity index (χ3n) is 3.68. The first kappa shape index (κ1) is 10.7. The summed E-state index contributed by atoms with van der Waals surface area (Å²) in [6, 6.07) is 4.23. The zero-order valence-electron chi connectivity index (χ0n) is 9.71. The number of pyridine rings is 1. The smallest absolute Gasteiger partial charge is 0.151 e. The van der Waals surface area contributed by atoms with Crippen molar-refractivity contribution < 1.29 is 9.53 Å². The Morgan fingerprint density at radius 1 is 1.41 bits per heavy atom. The van der Waals surface area contributed by atoms with E-state index >= 15 is 0 Å². The zero-order valence-corrected chi connectivity index (χ0v) is 9.71. The van der Waals surface area contributed by atoms with Gasteiger partial charge in [0.25, 0.3) is 0 Å². The van der Waals surface area contributed by atoms with E-state index in [0.29, 0.717) is 17.7 Å². The van der Waals surface area contributed by atoms with Crippen LogP contribution in [0.2, 0.25) is 0 Å². The molecule has 3 rings (SSSR count). The summed E-state index contributed by atoms with van der Waals surface area (Å²) >= 11 is 0. The van der Waals surface area contributed by atoms with Gasteiger partial charge >= 0.3 is 0 Å². The summed E-state index contributed by atoms with van der Waals surface area (Å²) in [5.41, 5.74) is 0.630. The van der Waals surface area contributed by atoms with Gasteiger partial charge in [-0.25, -0.2) is 4.98 Å². The Labute approximate surface area is 101 Å². The van der Waals surface area contributed by atoms with Crippen LogP contribution in [0.3, 0.4) is 0 Å². The second kappa shape index (κ2) is 4.45. The van der Waals surface area contributed by atoms with Gasteiger partial charge in [-0.1, -0.05) is 0 Å². The van der Waals surface area contributed by atoms with E-state index in [1.54, 1.807) is 6.20 Å². The van der Waals surface area contributed by atoms with Gasteiger partial charge in [-0.05, 0) is 31.4 Å². The number of morpholine rings is 1. The standard InChI is InChI=1S/C13H16N2O2/c16-9-10-4-5-13(14-8-10)15-6-7-17-12-3-1-2-11(12)15/h4-5,8-9,11-12H,1-3,6-7H2. The number of hydrogen-bond donors (Lipinski definition) is 0. The molecule has 17 heavy (non-hydrogen) atoms. The zero-order chi connectivity index (χ0) is 11.7. The van der Waals surface area contributed by atoms with Crippen molar-refractivity contribution in [3.05, 3.63) is 23.9 Å². The van der Waals surface area contributed by atoms with Crippen LogP contribution in [-0.2, 0) is 4.74 Å². The molecule has 90 valence electrons. The number of rotatable bonds is 2. The minimum atomic E-state index is 0.372. The topological polar surface area (TPSA) is 42.4 Å². The first-order valence-corrected chi connectivity index (χ1v) is 6.18. The fourth-order valence-electron chi connectivity index (χ4n) is 2.85. The van der Waals surface area contributed by atoms with E-state index in [-0.39, 0.29) is 0 Å². The minimum absolute atomic E-state index is 0.372. The molecular weight excluding hydrogens is 216 g/mol. The van der Waals surface area contributed by atoms with Gasteiger partial charge in [-0.3, -0.25) is 4.79 Å². The van der Waals surface area contributed by atoms with E-state index in [9.17, 15) is 4.79 Å². The number of aldehydes is 1. The molecule has 1 aromatic rings. The Kier molecular flexibility index (Phi) is 2.81. The maximum absolute atomic E-state index is 10.6. The Morgan fingerprint density at radius 2 is 2.35 bits per heavy atom. The van der Waals surface area contributed by atoms with Gasteiger partial charge in [0, 0.05) is 18.3 Å². The largest absolute Gasteiger partial charge is 0.374 e. The highest BCUT2D eigenvalue weighted by Gasteiger charge is 2.36. The fraction of sp³-hybridized carbons (Fsp3) is 0.538. The van der Waals surface area contributed by atoms with Crippen molar-refractivity contribution in [1.82, 2.24) is 4.98 Å². The van der Waals surface area contributed by atoms with Crippen LogP contribution in [-0.4, -0.2) is 36.6 Å². The summed E-state index contributed by atoms with van der Waals surface area (Å²) in [6.45, 7) is 1.67. The van der Waals surface area contributed by atoms with Crippen LogP contribution in [0, 0.1) is 0 Å². The molecule has 0 aromatic carbocycles. The normalized spacial score (nSPS) is 27.9. The summed E-state index contributed by atoms with van der Waals surface area (Å²) in [4.78, 5) is 17.3.